The average molecular weight is 409 g/mol. The van der Waals surface area contributed by atoms with Crippen LogP contribution in [0.15, 0.2) is 30.3 Å². The molecule has 0 unspecified atom stereocenters. The van der Waals surface area contributed by atoms with E-state index in [1.165, 1.54) is 24.2 Å². The maximum atomic E-state index is 12.4. The molecule has 0 bridgehead atoms. The van der Waals surface area contributed by atoms with Gasteiger partial charge in [0.1, 0.15) is 10.7 Å². The zero-order valence-electron chi connectivity index (χ0n) is 16.8. The van der Waals surface area contributed by atoms with Gasteiger partial charge in [-0.3, -0.25) is 4.79 Å². The van der Waals surface area contributed by atoms with Crippen molar-refractivity contribution in [3.8, 4) is 0 Å². The highest BCUT2D eigenvalue weighted by Crippen LogP contribution is 2.23. The number of hydrogen-bond donors (Lipinski definition) is 2. The summed E-state index contributed by atoms with van der Waals surface area (Å²) >= 11 is 1.41. The minimum Gasteiger partial charge on any atom is -0.341 e. The molecule has 1 fully saturated rings. The highest BCUT2D eigenvalue weighted by atomic mass is 32.1. The van der Waals surface area contributed by atoms with Gasteiger partial charge in [0.2, 0.25) is 5.95 Å². The highest BCUT2D eigenvalue weighted by Gasteiger charge is 2.16. The molecular weight excluding hydrogens is 384 g/mol. The van der Waals surface area contributed by atoms with Crippen molar-refractivity contribution in [2.75, 3.05) is 28.6 Å². The SMILES string of the molecule is Cc1cc(Nc2ccc(NC(=O)c3sc(C)nc3C)cc2)nc(N2CCCC2)n1. The van der Waals surface area contributed by atoms with Crippen molar-refractivity contribution in [3.63, 3.8) is 0 Å². The molecule has 2 N–H and O–H groups in total. The van der Waals surface area contributed by atoms with Crippen LogP contribution >= 0.6 is 11.3 Å². The van der Waals surface area contributed by atoms with Gasteiger partial charge in [-0.05, 0) is 57.9 Å². The predicted molar refractivity (Wildman–Crippen MR) is 117 cm³/mol. The van der Waals surface area contributed by atoms with Crippen LogP contribution in [0.4, 0.5) is 23.1 Å². The van der Waals surface area contributed by atoms with Gasteiger partial charge >= 0.3 is 0 Å². The molecule has 7 nitrogen and oxygen atoms in total. The van der Waals surface area contributed by atoms with Crippen molar-refractivity contribution in [1.82, 2.24) is 15.0 Å². The maximum absolute atomic E-state index is 12.4. The van der Waals surface area contributed by atoms with Crippen molar-refractivity contribution in [3.05, 3.63) is 51.6 Å². The number of nitrogens with zero attached hydrogens (tertiary/aromatic N) is 4. The summed E-state index contributed by atoms with van der Waals surface area (Å²) in [6, 6.07) is 9.53. The third-order valence-corrected chi connectivity index (χ3v) is 5.83. The van der Waals surface area contributed by atoms with Gasteiger partial charge in [0.05, 0.1) is 10.7 Å². The second kappa shape index (κ2) is 8.16. The number of thiazole rings is 1. The molecule has 150 valence electrons. The molecular formula is C21H24N6OS. The topological polar surface area (TPSA) is 83.0 Å². The molecule has 4 rings (SSSR count). The summed E-state index contributed by atoms with van der Waals surface area (Å²) in [5.74, 6) is 1.42. The van der Waals surface area contributed by atoms with Crippen LogP contribution in [0.3, 0.4) is 0 Å². The number of carbonyl (C=O) groups excluding carboxylic acids is 1. The first-order valence-corrected chi connectivity index (χ1v) is 10.5. The van der Waals surface area contributed by atoms with E-state index in [1.54, 1.807) is 0 Å². The molecule has 3 heterocycles. The number of aromatic nitrogens is 3. The summed E-state index contributed by atoms with van der Waals surface area (Å²) in [4.78, 5) is 28.9. The van der Waals surface area contributed by atoms with Crippen LogP contribution < -0.4 is 15.5 Å². The summed E-state index contributed by atoms with van der Waals surface area (Å²) in [5, 5.41) is 7.15. The molecule has 1 amide bonds. The molecule has 0 aliphatic carbocycles. The van der Waals surface area contributed by atoms with Crippen LogP contribution in [-0.2, 0) is 0 Å². The predicted octanol–water partition coefficient (Wildman–Crippen LogP) is 4.45. The molecule has 0 radical (unpaired) electrons. The second-order valence-corrected chi connectivity index (χ2v) is 8.40. The lowest BCUT2D eigenvalue weighted by Crippen LogP contribution is -2.21. The van der Waals surface area contributed by atoms with Gasteiger partial charge in [-0.1, -0.05) is 0 Å². The molecule has 1 saturated heterocycles. The fourth-order valence-electron chi connectivity index (χ4n) is 3.39. The van der Waals surface area contributed by atoms with Crippen LogP contribution in [0.5, 0.6) is 0 Å². The van der Waals surface area contributed by atoms with Crippen molar-refractivity contribution < 1.29 is 4.79 Å². The van der Waals surface area contributed by atoms with E-state index in [0.29, 0.717) is 4.88 Å². The van der Waals surface area contributed by atoms with Gasteiger partial charge < -0.3 is 15.5 Å². The second-order valence-electron chi connectivity index (χ2n) is 7.19. The Morgan fingerprint density at radius 2 is 1.69 bits per heavy atom. The first kappa shape index (κ1) is 19.3. The van der Waals surface area contributed by atoms with Crippen molar-refractivity contribution in [2.24, 2.45) is 0 Å². The molecule has 8 heteroatoms. The monoisotopic (exact) mass is 408 g/mol. The lowest BCUT2D eigenvalue weighted by atomic mass is 10.2. The van der Waals surface area contributed by atoms with Crippen molar-refractivity contribution >= 4 is 40.4 Å². The van der Waals surface area contributed by atoms with Gasteiger partial charge in [-0.2, -0.15) is 4.98 Å². The number of amides is 1. The van der Waals surface area contributed by atoms with E-state index < -0.39 is 0 Å². The minimum atomic E-state index is -0.129. The summed E-state index contributed by atoms with van der Waals surface area (Å²) in [7, 11) is 0. The smallest absolute Gasteiger partial charge is 0.267 e. The zero-order valence-corrected chi connectivity index (χ0v) is 17.6. The number of aryl methyl sites for hydroxylation is 3. The van der Waals surface area contributed by atoms with E-state index >= 15 is 0 Å². The molecule has 1 aliphatic rings. The lowest BCUT2D eigenvalue weighted by molar-refractivity contribution is 0.103. The van der Waals surface area contributed by atoms with Gasteiger partial charge in [-0.25, -0.2) is 9.97 Å². The van der Waals surface area contributed by atoms with E-state index in [-0.39, 0.29) is 5.91 Å². The fraction of sp³-hybridized carbons (Fsp3) is 0.333. The Kier molecular flexibility index (Phi) is 5.44. The number of anilines is 4. The zero-order chi connectivity index (χ0) is 20.4. The maximum Gasteiger partial charge on any atom is 0.267 e. The third-order valence-electron chi connectivity index (χ3n) is 4.76. The summed E-state index contributed by atoms with van der Waals surface area (Å²) in [5.41, 5.74) is 3.33. The summed E-state index contributed by atoms with van der Waals surface area (Å²) < 4.78 is 0. The van der Waals surface area contributed by atoms with Crippen LogP contribution in [0.25, 0.3) is 0 Å². The van der Waals surface area contributed by atoms with E-state index in [4.69, 9.17) is 0 Å². The molecule has 1 aliphatic heterocycles. The fourth-order valence-corrected chi connectivity index (χ4v) is 4.21. The van der Waals surface area contributed by atoms with Crippen LogP contribution in [0, 0.1) is 20.8 Å². The number of benzene rings is 1. The van der Waals surface area contributed by atoms with E-state index in [0.717, 1.165) is 52.6 Å². The molecule has 1 aromatic carbocycles. The molecule has 2 aromatic heterocycles. The van der Waals surface area contributed by atoms with Gasteiger partial charge in [-0.15, -0.1) is 11.3 Å². The van der Waals surface area contributed by atoms with E-state index in [1.807, 2.05) is 51.1 Å². The Bertz CT molecular complexity index is 1020. The van der Waals surface area contributed by atoms with Crippen molar-refractivity contribution in [2.45, 2.75) is 33.6 Å². The summed E-state index contributed by atoms with van der Waals surface area (Å²) in [6.07, 6.45) is 2.38. The minimum absolute atomic E-state index is 0.129. The van der Waals surface area contributed by atoms with E-state index in [2.05, 4.69) is 30.5 Å². The van der Waals surface area contributed by atoms with Crippen molar-refractivity contribution in [1.29, 1.82) is 0 Å². The Balaban J connectivity index is 1.44. The Hall–Kier alpha value is -3.00. The van der Waals surface area contributed by atoms with Crippen LogP contribution in [-0.4, -0.2) is 33.9 Å². The first-order chi connectivity index (χ1) is 14.0. The van der Waals surface area contributed by atoms with Crippen LogP contribution in [0.2, 0.25) is 0 Å². The van der Waals surface area contributed by atoms with Gasteiger partial charge in [0, 0.05) is 36.2 Å². The standard InChI is InChI=1S/C21H24N6OS/c1-13-12-18(26-21(22-13)27-10-4-5-11-27)24-16-6-8-17(9-7-16)25-20(28)19-14(2)23-15(3)29-19/h6-9,12H,4-5,10-11H2,1-3H3,(H,25,28)(H,22,24,26). The molecule has 29 heavy (non-hydrogen) atoms. The quantitative estimate of drug-likeness (QED) is 0.649. The highest BCUT2D eigenvalue weighted by molar-refractivity contribution is 7.13. The Labute approximate surface area is 174 Å². The largest absolute Gasteiger partial charge is 0.341 e. The number of rotatable bonds is 5. The normalized spacial score (nSPS) is 13.6. The molecule has 0 atom stereocenters. The number of nitrogens with one attached hydrogen (secondary N) is 2. The lowest BCUT2D eigenvalue weighted by Gasteiger charge is -2.17. The third kappa shape index (κ3) is 4.54. The number of hydrogen-bond acceptors (Lipinski definition) is 7. The van der Waals surface area contributed by atoms with E-state index in [9.17, 15) is 4.79 Å². The van der Waals surface area contributed by atoms with Gasteiger partial charge in [0.25, 0.3) is 5.91 Å². The summed E-state index contributed by atoms with van der Waals surface area (Å²) in [6.45, 7) is 7.75. The first-order valence-electron chi connectivity index (χ1n) is 9.71. The van der Waals surface area contributed by atoms with Crippen LogP contribution in [0.1, 0.15) is 38.9 Å². The Morgan fingerprint density at radius 1 is 1.00 bits per heavy atom. The molecule has 3 aromatic rings. The van der Waals surface area contributed by atoms with Gasteiger partial charge in [0.15, 0.2) is 0 Å². The number of carbonyl (C=O) groups is 1. The molecule has 0 saturated carbocycles. The average Bonchev–Trinajstić information content (AvgIpc) is 3.32. The Morgan fingerprint density at radius 3 is 2.34 bits per heavy atom. The molecule has 0 spiro atoms.